The van der Waals surface area contributed by atoms with Gasteiger partial charge >= 0.3 is 0 Å². The highest BCUT2D eigenvalue weighted by Gasteiger charge is 2.22. The van der Waals surface area contributed by atoms with E-state index in [4.69, 9.17) is 15.7 Å². The molecule has 0 radical (unpaired) electrons. The topological polar surface area (TPSA) is 38.5 Å². The van der Waals surface area contributed by atoms with Gasteiger partial charge < -0.3 is 14.2 Å². The zero-order valence-corrected chi connectivity index (χ0v) is 8.12. The van der Waals surface area contributed by atoms with Crippen molar-refractivity contribution in [3.63, 3.8) is 0 Å². The fourth-order valence-corrected chi connectivity index (χ4v) is 1.54. The molecule has 0 atom stereocenters. The minimum absolute atomic E-state index is 0.239. The van der Waals surface area contributed by atoms with Gasteiger partial charge in [-0.3, -0.25) is 0 Å². The highest BCUT2D eigenvalue weighted by atomic mass is 16.5. The van der Waals surface area contributed by atoms with Crippen LogP contribution in [0.5, 0.6) is 5.88 Å². The van der Waals surface area contributed by atoms with Crippen molar-refractivity contribution in [3.05, 3.63) is 11.3 Å². The molecule has 74 valence electrons. The van der Waals surface area contributed by atoms with E-state index >= 15 is 0 Å². The van der Waals surface area contributed by atoms with Crippen molar-refractivity contribution in [2.75, 3.05) is 20.2 Å². The Kier molecular flexibility index (Phi) is 2.42. The van der Waals surface area contributed by atoms with Crippen LogP contribution in [0.15, 0.2) is 4.52 Å². The summed E-state index contributed by atoms with van der Waals surface area (Å²) in [6.45, 7) is 2.05. The Morgan fingerprint density at radius 2 is 2.57 bits per heavy atom. The number of hydrogen-bond donors (Lipinski definition) is 0. The zero-order chi connectivity index (χ0) is 9.97. The van der Waals surface area contributed by atoms with E-state index in [0.717, 1.165) is 30.8 Å². The van der Waals surface area contributed by atoms with E-state index in [1.165, 1.54) is 0 Å². The molecule has 0 amide bonds. The van der Waals surface area contributed by atoms with Crippen molar-refractivity contribution in [1.82, 2.24) is 10.1 Å². The number of aromatic nitrogens is 1. The second-order valence-corrected chi connectivity index (χ2v) is 3.37. The maximum absolute atomic E-state index is 5.27. The Hall–Kier alpha value is -1.47. The molecule has 1 aliphatic rings. The lowest BCUT2D eigenvalue weighted by Crippen LogP contribution is -2.25. The highest BCUT2D eigenvalue weighted by Crippen LogP contribution is 2.26. The summed E-state index contributed by atoms with van der Waals surface area (Å²) >= 11 is 0. The molecule has 0 spiro atoms. The minimum atomic E-state index is 0.239. The molecule has 4 heteroatoms. The van der Waals surface area contributed by atoms with Gasteiger partial charge in [0.2, 0.25) is 0 Å². The van der Waals surface area contributed by atoms with Gasteiger partial charge in [0.1, 0.15) is 5.76 Å². The van der Waals surface area contributed by atoms with E-state index in [1.807, 2.05) is 0 Å². The largest absolute Gasteiger partial charge is 0.462 e. The van der Waals surface area contributed by atoms with Crippen molar-refractivity contribution < 1.29 is 9.26 Å². The Labute approximate surface area is 82.8 Å². The molecule has 14 heavy (non-hydrogen) atoms. The monoisotopic (exact) mass is 192 g/mol. The van der Waals surface area contributed by atoms with E-state index in [1.54, 1.807) is 0 Å². The molecule has 4 nitrogen and oxygen atoms in total. The molecule has 0 N–H and O–H groups in total. The van der Waals surface area contributed by atoms with Crippen LogP contribution < -0.4 is 4.74 Å². The lowest BCUT2D eigenvalue weighted by molar-refractivity contribution is 0.281. The van der Waals surface area contributed by atoms with Crippen LogP contribution in [0.2, 0.25) is 0 Å². The quantitative estimate of drug-likeness (QED) is 0.646. The lowest BCUT2D eigenvalue weighted by atomic mass is 10.1. The van der Waals surface area contributed by atoms with Gasteiger partial charge in [-0.1, -0.05) is 5.92 Å². The Balaban J connectivity index is 2.18. The van der Waals surface area contributed by atoms with Crippen LogP contribution in [0, 0.1) is 12.3 Å². The van der Waals surface area contributed by atoms with Crippen LogP contribution in [0.3, 0.4) is 0 Å². The van der Waals surface area contributed by atoms with Gasteiger partial charge in [0, 0.05) is 19.5 Å². The average molecular weight is 192 g/mol. The second kappa shape index (κ2) is 3.72. The SMILES string of the molecule is C#CCOc1noc2c1CN(C)CC2. The summed E-state index contributed by atoms with van der Waals surface area (Å²) in [4.78, 5) is 2.20. The molecule has 0 fully saturated rings. The lowest BCUT2D eigenvalue weighted by Gasteiger charge is -2.20. The van der Waals surface area contributed by atoms with Crippen LogP contribution in [-0.4, -0.2) is 30.3 Å². The molecule has 0 saturated carbocycles. The predicted molar refractivity (Wildman–Crippen MR) is 50.9 cm³/mol. The molecule has 1 aliphatic heterocycles. The van der Waals surface area contributed by atoms with Crippen molar-refractivity contribution in [1.29, 1.82) is 0 Å². The first-order valence-corrected chi connectivity index (χ1v) is 4.53. The van der Waals surface area contributed by atoms with Gasteiger partial charge in [-0.05, 0) is 12.2 Å². The van der Waals surface area contributed by atoms with Gasteiger partial charge in [0.05, 0.1) is 5.56 Å². The maximum Gasteiger partial charge on any atom is 0.259 e. The number of rotatable bonds is 2. The van der Waals surface area contributed by atoms with Crippen molar-refractivity contribution >= 4 is 0 Å². The van der Waals surface area contributed by atoms with Gasteiger partial charge in [-0.15, -0.1) is 6.42 Å². The second-order valence-electron chi connectivity index (χ2n) is 3.37. The Morgan fingerprint density at radius 3 is 3.36 bits per heavy atom. The summed E-state index contributed by atoms with van der Waals surface area (Å²) in [6, 6.07) is 0. The molecule has 0 unspecified atom stereocenters. The number of fused-ring (bicyclic) bond motifs is 1. The smallest absolute Gasteiger partial charge is 0.259 e. The molecule has 0 aliphatic carbocycles. The third-order valence-corrected chi connectivity index (χ3v) is 2.27. The summed E-state index contributed by atoms with van der Waals surface area (Å²) in [5, 5.41) is 3.85. The standard InChI is InChI=1S/C10H12N2O2/c1-3-6-13-10-8-7-12(2)5-4-9(8)14-11-10/h1H,4-7H2,2H3. The van der Waals surface area contributed by atoms with Gasteiger partial charge in [0.25, 0.3) is 5.88 Å². The Morgan fingerprint density at radius 1 is 1.71 bits per heavy atom. The fourth-order valence-electron chi connectivity index (χ4n) is 1.54. The van der Waals surface area contributed by atoms with E-state index in [-0.39, 0.29) is 6.61 Å². The minimum Gasteiger partial charge on any atom is -0.462 e. The zero-order valence-electron chi connectivity index (χ0n) is 8.12. The van der Waals surface area contributed by atoms with E-state index < -0.39 is 0 Å². The van der Waals surface area contributed by atoms with E-state index in [9.17, 15) is 0 Å². The highest BCUT2D eigenvalue weighted by molar-refractivity contribution is 5.30. The van der Waals surface area contributed by atoms with Crippen molar-refractivity contribution in [2.24, 2.45) is 0 Å². The first kappa shape index (κ1) is 9.10. The molecule has 0 aromatic carbocycles. The number of likely N-dealkylation sites (N-methyl/N-ethyl adjacent to an activating group) is 1. The normalized spacial score (nSPS) is 16.0. The van der Waals surface area contributed by atoms with Crippen LogP contribution >= 0.6 is 0 Å². The summed E-state index contributed by atoms with van der Waals surface area (Å²) in [5.41, 5.74) is 1.04. The number of hydrogen-bond acceptors (Lipinski definition) is 4. The van der Waals surface area contributed by atoms with E-state index in [2.05, 4.69) is 23.0 Å². The van der Waals surface area contributed by atoms with Crippen LogP contribution in [-0.2, 0) is 13.0 Å². The van der Waals surface area contributed by atoms with Crippen LogP contribution in [0.25, 0.3) is 0 Å². The molecule has 1 aromatic heterocycles. The molecule has 0 saturated heterocycles. The van der Waals surface area contributed by atoms with Crippen molar-refractivity contribution in [3.8, 4) is 18.2 Å². The molecule has 2 rings (SSSR count). The van der Waals surface area contributed by atoms with Gasteiger partial charge in [-0.2, -0.15) is 0 Å². The average Bonchev–Trinajstić information content (AvgIpc) is 2.57. The number of ether oxygens (including phenoxy) is 1. The maximum atomic E-state index is 5.27. The Bertz CT molecular complexity index is 365. The fraction of sp³-hybridized carbons (Fsp3) is 0.500. The third kappa shape index (κ3) is 1.59. The molecule has 2 heterocycles. The number of nitrogens with zero attached hydrogens (tertiary/aromatic N) is 2. The summed E-state index contributed by atoms with van der Waals surface area (Å²) in [6.07, 6.45) is 5.99. The van der Waals surface area contributed by atoms with Crippen LogP contribution in [0.1, 0.15) is 11.3 Å². The van der Waals surface area contributed by atoms with E-state index in [0.29, 0.717) is 5.88 Å². The molecule has 0 bridgehead atoms. The van der Waals surface area contributed by atoms with Crippen molar-refractivity contribution in [2.45, 2.75) is 13.0 Å². The van der Waals surface area contributed by atoms with Crippen LogP contribution in [0.4, 0.5) is 0 Å². The molecule has 1 aromatic rings. The predicted octanol–water partition coefficient (Wildman–Crippen LogP) is 0.675. The summed E-state index contributed by atoms with van der Waals surface area (Å²) in [7, 11) is 2.06. The van der Waals surface area contributed by atoms with Gasteiger partial charge in [0.15, 0.2) is 6.61 Å². The molecular weight excluding hydrogens is 180 g/mol. The first-order chi connectivity index (χ1) is 6.81. The summed E-state index contributed by atoms with van der Waals surface area (Å²) < 4.78 is 10.4. The third-order valence-electron chi connectivity index (χ3n) is 2.27. The summed E-state index contributed by atoms with van der Waals surface area (Å²) in [5.74, 6) is 3.88. The molecular formula is C10H12N2O2. The first-order valence-electron chi connectivity index (χ1n) is 4.53. The van der Waals surface area contributed by atoms with Gasteiger partial charge in [-0.25, -0.2) is 0 Å². The number of terminal acetylenes is 1.